The number of alkyl halides is 3. The minimum Gasteiger partial charge on any atom is -0.465 e. The van der Waals surface area contributed by atoms with Crippen molar-refractivity contribution >= 4 is 29.5 Å². The van der Waals surface area contributed by atoms with Gasteiger partial charge >= 0.3 is 18.2 Å². The van der Waals surface area contributed by atoms with Gasteiger partial charge in [-0.05, 0) is 61.2 Å². The van der Waals surface area contributed by atoms with Gasteiger partial charge in [0.15, 0.2) is 0 Å². The Morgan fingerprint density at radius 1 is 1.09 bits per heavy atom. The Morgan fingerprint density at radius 3 is 2.39 bits per heavy atom. The summed E-state index contributed by atoms with van der Waals surface area (Å²) in [5, 5.41) is 4.86. The Bertz CT molecular complexity index is 980. The molecule has 3 amide bonds. The number of likely N-dealkylation sites (tertiary alicyclic amines) is 1. The number of piperidine rings is 1. The van der Waals surface area contributed by atoms with Crippen LogP contribution in [0.5, 0.6) is 5.75 Å². The lowest BCUT2D eigenvalue weighted by atomic mass is 9.96. The molecular formula is C22H22F3N3O5. The lowest BCUT2D eigenvalue weighted by Gasteiger charge is -2.31. The van der Waals surface area contributed by atoms with Gasteiger partial charge in [0.25, 0.3) is 0 Å². The molecule has 2 heterocycles. The second kappa shape index (κ2) is 10.7. The molecule has 1 aromatic heterocycles. The molecule has 33 heavy (non-hydrogen) atoms. The van der Waals surface area contributed by atoms with E-state index < -0.39 is 23.9 Å². The van der Waals surface area contributed by atoms with Gasteiger partial charge in [-0.2, -0.15) is 0 Å². The van der Waals surface area contributed by atoms with Crippen molar-refractivity contribution in [3.63, 3.8) is 0 Å². The summed E-state index contributed by atoms with van der Waals surface area (Å²) in [6.07, 6.45) is 1.10. The van der Waals surface area contributed by atoms with E-state index in [-0.39, 0.29) is 24.1 Å². The van der Waals surface area contributed by atoms with E-state index in [4.69, 9.17) is 4.42 Å². The maximum absolute atomic E-state index is 12.2. The van der Waals surface area contributed by atoms with E-state index in [0.717, 1.165) is 12.1 Å². The molecule has 176 valence electrons. The molecule has 1 fully saturated rings. The smallest absolute Gasteiger partial charge is 0.465 e. The van der Waals surface area contributed by atoms with Gasteiger partial charge in [-0.1, -0.05) is 0 Å². The molecule has 3 rings (SSSR count). The fraction of sp³-hybridized carbons (Fsp3) is 0.318. The molecule has 0 radical (unpaired) electrons. The number of amides is 3. The summed E-state index contributed by atoms with van der Waals surface area (Å²) in [7, 11) is 0. The van der Waals surface area contributed by atoms with Crippen molar-refractivity contribution < 1.29 is 36.7 Å². The molecule has 1 saturated heterocycles. The number of nitrogens with zero attached hydrogens (tertiary/aromatic N) is 1. The SMILES string of the molecule is O=C(NCC1CCN(C(=O)/C=C/c2ccco2)CC1)C(=O)Nc1ccc(OC(F)(F)F)cc1. The number of anilines is 1. The second-order valence-corrected chi connectivity index (χ2v) is 7.35. The average Bonchev–Trinajstić information content (AvgIpc) is 3.30. The van der Waals surface area contributed by atoms with Crippen molar-refractivity contribution in [2.24, 2.45) is 5.92 Å². The Hall–Kier alpha value is -3.76. The first-order chi connectivity index (χ1) is 15.7. The van der Waals surface area contributed by atoms with Crippen LogP contribution >= 0.6 is 0 Å². The Kier molecular flexibility index (Phi) is 7.75. The largest absolute Gasteiger partial charge is 0.573 e. The van der Waals surface area contributed by atoms with Crippen LogP contribution in [0.25, 0.3) is 6.08 Å². The first-order valence-corrected chi connectivity index (χ1v) is 10.1. The van der Waals surface area contributed by atoms with E-state index in [0.29, 0.717) is 31.7 Å². The Balaban J connectivity index is 1.37. The minimum atomic E-state index is -4.81. The van der Waals surface area contributed by atoms with E-state index >= 15 is 0 Å². The van der Waals surface area contributed by atoms with E-state index in [1.807, 2.05) is 0 Å². The highest BCUT2D eigenvalue weighted by Crippen LogP contribution is 2.24. The van der Waals surface area contributed by atoms with Crippen molar-refractivity contribution in [3.8, 4) is 5.75 Å². The number of halogens is 3. The number of hydrogen-bond donors (Lipinski definition) is 2. The van der Waals surface area contributed by atoms with E-state index in [1.54, 1.807) is 23.1 Å². The van der Waals surface area contributed by atoms with Crippen LogP contribution in [0.2, 0.25) is 0 Å². The average molecular weight is 465 g/mol. The van der Waals surface area contributed by atoms with E-state index in [9.17, 15) is 27.6 Å². The lowest BCUT2D eigenvalue weighted by molar-refractivity contribution is -0.274. The molecule has 1 aliphatic rings. The van der Waals surface area contributed by atoms with Gasteiger partial charge in [-0.25, -0.2) is 0 Å². The predicted molar refractivity (Wildman–Crippen MR) is 112 cm³/mol. The third-order valence-corrected chi connectivity index (χ3v) is 4.96. The first-order valence-electron chi connectivity index (χ1n) is 10.1. The number of hydrogen-bond acceptors (Lipinski definition) is 5. The maximum atomic E-state index is 12.2. The van der Waals surface area contributed by atoms with Crippen LogP contribution in [0.1, 0.15) is 18.6 Å². The number of benzene rings is 1. The monoisotopic (exact) mass is 465 g/mol. The van der Waals surface area contributed by atoms with Crippen LogP contribution in [0.3, 0.4) is 0 Å². The topological polar surface area (TPSA) is 101 Å². The predicted octanol–water partition coefficient (Wildman–Crippen LogP) is 3.18. The van der Waals surface area contributed by atoms with Crippen molar-refractivity contribution in [1.29, 1.82) is 0 Å². The highest BCUT2D eigenvalue weighted by Gasteiger charge is 2.31. The highest BCUT2D eigenvalue weighted by atomic mass is 19.4. The van der Waals surface area contributed by atoms with Gasteiger partial charge in [-0.15, -0.1) is 13.2 Å². The van der Waals surface area contributed by atoms with Gasteiger partial charge in [-0.3, -0.25) is 14.4 Å². The number of carbonyl (C=O) groups excluding carboxylic acids is 3. The van der Waals surface area contributed by atoms with Gasteiger partial charge in [0.05, 0.1) is 6.26 Å². The molecule has 1 aliphatic heterocycles. The molecule has 11 heteroatoms. The molecule has 0 bridgehead atoms. The third kappa shape index (κ3) is 7.70. The number of ether oxygens (including phenoxy) is 1. The zero-order valence-corrected chi connectivity index (χ0v) is 17.4. The summed E-state index contributed by atoms with van der Waals surface area (Å²) in [5.74, 6) is -1.66. The van der Waals surface area contributed by atoms with Crippen LogP contribution in [0.4, 0.5) is 18.9 Å². The van der Waals surface area contributed by atoms with Crippen LogP contribution in [-0.2, 0) is 14.4 Å². The Morgan fingerprint density at radius 2 is 1.79 bits per heavy atom. The summed E-state index contributed by atoms with van der Waals surface area (Å²) in [4.78, 5) is 38.0. The second-order valence-electron chi connectivity index (χ2n) is 7.35. The van der Waals surface area contributed by atoms with Gasteiger partial charge in [0.2, 0.25) is 5.91 Å². The number of furan rings is 1. The van der Waals surface area contributed by atoms with Gasteiger partial charge < -0.3 is 24.7 Å². The molecule has 0 aliphatic carbocycles. The van der Waals surface area contributed by atoms with Crippen molar-refractivity contribution in [3.05, 3.63) is 54.5 Å². The molecule has 0 saturated carbocycles. The molecular weight excluding hydrogens is 443 g/mol. The van der Waals surface area contributed by atoms with Gasteiger partial charge in [0.1, 0.15) is 11.5 Å². The quantitative estimate of drug-likeness (QED) is 0.504. The summed E-state index contributed by atoms with van der Waals surface area (Å²) in [5.41, 5.74) is 0.152. The molecule has 1 aromatic carbocycles. The van der Waals surface area contributed by atoms with Crippen molar-refractivity contribution in [2.75, 3.05) is 25.0 Å². The standard InChI is InChI=1S/C22H22F3N3O5/c23-22(24,25)33-18-5-3-16(4-6-18)27-21(31)20(30)26-14-15-9-11-28(12-10-15)19(29)8-7-17-2-1-13-32-17/h1-8,13,15H,9-12,14H2,(H,26,30)(H,27,31)/b8-7+. The first kappa shape index (κ1) is 23.9. The fourth-order valence-electron chi connectivity index (χ4n) is 3.25. The molecule has 2 N–H and O–H groups in total. The summed E-state index contributed by atoms with van der Waals surface area (Å²) in [6.45, 7) is 1.33. The zero-order chi connectivity index (χ0) is 23.8. The normalized spacial score (nSPS) is 14.8. The lowest BCUT2D eigenvalue weighted by Crippen LogP contribution is -2.43. The molecule has 2 aromatic rings. The number of carbonyl (C=O) groups is 3. The van der Waals surface area contributed by atoms with Crippen LogP contribution in [0.15, 0.2) is 53.2 Å². The zero-order valence-electron chi connectivity index (χ0n) is 17.4. The maximum Gasteiger partial charge on any atom is 0.573 e. The third-order valence-electron chi connectivity index (χ3n) is 4.96. The number of nitrogens with one attached hydrogen (secondary N) is 2. The highest BCUT2D eigenvalue weighted by molar-refractivity contribution is 6.39. The van der Waals surface area contributed by atoms with Gasteiger partial charge in [0, 0.05) is 31.4 Å². The van der Waals surface area contributed by atoms with Crippen molar-refractivity contribution in [2.45, 2.75) is 19.2 Å². The minimum absolute atomic E-state index is 0.110. The van der Waals surface area contributed by atoms with Crippen LogP contribution < -0.4 is 15.4 Å². The number of rotatable bonds is 6. The van der Waals surface area contributed by atoms with E-state index in [1.165, 1.54) is 24.5 Å². The molecule has 0 atom stereocenters. The van der Waals surface area contributed by atoms with Crippen LogP contribution in [-0.4, -0.2) is 48.6 Å². The summed E-state index contributed by atoms with van der Waals surface area (Å²) < 4.78 is 45.4. The summed E-state index contributed by atoms with van der Waals surface area (Å²) in [6, 6.07) is 7.91. The molecule has 0 spiro atoms. The Labute approximate surface area is 187 Å². The summed E-state index contributed by atoms with van der Waals surface area (Å²) >= 11 is 0. The molecule has 8 nitrogen and oxygen atoms in total. The van der Waals surface area contributed by atoms with Crippen LogP contribution in [0, 0.1) is 5.92 Å². The van der Waals surface area contributed by atoms with E-state index in [2.05, 4.69) is 15.4 Å². The molecule has 0 unspecified atom stereocenters. The van der Waals surface area contributed by atoms with Crippen molar-refractivity contribution in [1.82, 2.24) is 10.2 Å². The fourth-order valence-corrected chi connectivity index (χ4v) is 3.25.